The molecular formula is C20H24N2. The highest BCUT2D eigenvalue weighted by Crippen LogP contribution is 2.21. The second-order valence-electron chi connectivity index (χ2n) is 5.86. The molecule has 0 radical (unpaired) electrons. The molecule has 2 N–H and O–H groups in total. The Balaban J connectivity index is 1.74. The first-order valence-electron chi connectivity index (χ1n) is 8.20. The van der Waals surface area contributed by atoms with E-state index in [4.69, 9.17) is 0 Å². The topological polar surface area (TPSA) is 24.1 Å². The number of allylic oxidation sites excluding steroid dienone is 2. The highest BCUT2D eigenvalue weighted by Gasteiger charge is 2.21. The van der Waals surface area contributed by atoms with Gasteiger partial charge in [-0.1, -0.05) is 48.6 Å². The first-order valence-corrected chi connectivity index (χ1v) is 8.20. The molecule has 0 heterocycles. The molecule has 0 saturated carbocycles. The molecule has 0 amide bonds. The number of anilines is 2. The number of benzene rings is 2. The largest absolute Gasteiger partial charge is 0.380 e. The van der Waals surface area contributed by atoms with Gasteiger partial charge in [0.15, 0.2) is 0 Å². The van der Waals surface area contributed by atoms with E-state index in [9.17, 15) is 0 Å². The van der Waals surface area contributed by atoms with Crippen molar-refractivity contribution in [1.82, 2.24) is 0 Å². The van der Waals surface area contributed by atoms with Crippen LogP contribution in [0, 0.1) is 0 Å². The molecule has 0 saturated heterocycles. The van der Waals surface area contributed by atoms with Gasteiger partial charge in [-0.3, -0.25) is 0 Å². The van der Waals surface area contributed by atoms with Crippen LogP contribution in [0.3, 0.4) is 0 Å². The van der Waals surface area contributed by atoms with Crippen LogP contribution in [0.25, 0.3) is 0 Å². The number of hydrogen-bond donors (Lipinski definition) is 2. The number of nitrogens with one attached hydrogen (secondary N) is 2. The maximum Gasteiger partial charge on any atom is 0.0465 e. The average molecular weight is 292 g/mol. The number of hydrogen-bond acceptors (Lipinski definition) is 2. The molecule has 2 atom stereocenters. The van der Waals surface area contributed by atoms with Gasteiger partial charge in [-0.15, -0.1) is 0 Å². The monoisotopic (exact) mass is 292 g/mol. The van der Waals surface area contributed by atoms with Gasteiger partial charge in [0.2, 0.25) is 0 Å². The van der Waals surface area contributed by atoms with Crippen molar-refractivity contribution in [2.45, 2.75) is 37.8 Å². The lowest BCUT2D eigenvalue weighted by Gasteiger charge is -2.31. The summed E-state index contributed by atoms with van der Waals surface area (Å²) in [5.41, 5.74) is 2.41. The van der Waals surface area contributed by atoms with Crippen molar-refractivity contribution in [2.24, 2.45) is 0 Å². The van der Waals surface area contributed by atoms with Crippen molar-refractivity contribution in [1.29, 1.82) is 0 Å². The van der Waals surface area contributed by atoms with E-state index in [1.54, 1.807) is 0 Å². The molecule has 0 aromatic heterocycles. The summed E-state index contributed by atoms with van der Waals surface area (Å²) in [6.07, 6.45) is 9.21. The third-order valence-electron chi connectivity index (χ3n) is 4.19. The SMILES string of the molecule is C1=C\CC[C@@H](Nc2ccccc2)[C@H](Nc2ccccc2)CC/1. The van der Waals surface area contributed by atoms with Crippen molar-refractivity contribution in [2.75, 3.05) is 10.6 Å². The van der Waals surface area contributed by atoms with Crippen molar-refractivity contribution in [3.05, 3.63) is 72.8 Å². The van der Waals surface area contributed by atoms with Crippen molar-refractivity contribution >= 4 is 11.4 Å². The summed E-state index contributed by atoms with van der Waals surface area (Å²) in [5, 5.41) is 7.45. The Morgan fingerprint density at radius 2 is 1.00 bits per heavy atom. The van der Waals surface area contributed by atoms with Gasteiger partial charge in [-0.25, -0.2) is 0 Å². The molecule has 1 aliphatic carbocycles. The molecular weight excluding hydrogens is 268 g/mol. The molecule has 2 heteroatoms. The lowest BCUT2D eigenvalue weighted by molar-refractivity contribution is 0.520. The molecule has 114 valence electrons. The minimum Gasteiger partial charge on any atom is -0.380 e. The second-order valence-corrected chi connectivity index (χ2v) is 5.86. The Labute approximate surface area is 133 Å². The number of rotatable bonds is 4. The third kappa shape index (κ3) is 4.14. The first-order chi connectivity index (χ1) is 10.9. The van der Waals surface area contributed by atoms with Crippen LogP contribution in [0.2, 0.25) is 0 Å². The van der Waals surface area contributed by atoms with E-state index in [0.717, 1.165) is 25.7 Å². The summed E-state index contributed by atoms with van der Waals surface area (Å²) < 4.78 is 0. The zero-order chi connectivity index (χ0) is 15.0. The predicted octanol–water partition coefficient (Wildman–Crippen LogP) is 5.08. The van der Waals surface area contributed by atoms with Crippen LogP contribution in [0.15, 0.2) is 72.8 Å². The molecule has 0 unspecified atom stereocenters. The van der Waals surface area contributed by atoms with E-state index in [0.29, 0.717) is 12.1 Å². The summed E-state index contributed by atoms with van der Waals surface area (Å²) >= 11 is 0. The Hall–Kier alpha value is -2.22. The molecule has 22 heavy (non-hydrogen) atoms. The van der Waals surface area contributed by atoms with E-state index in [1.807, 2.05) is 0 Å². The normalized spacial score (nSPS) is 23.1. The molecule has 2 aromatic carbocycles. The highest BCUT2D eigenvalue weighted by molar-refractivity contribution is 5.47. The molecule has 2 nitrogen and oxygen atoms in total. The van der Waals surface area contributed by atoms with E-state index >= 15 is 0 Å². The highest BCUT2D eigenvalue weighted by atomic mass is 15.0. The summed E-state index contributed by atoms with van der Waals surface area (Å²) in [6.45, 7) is 0. The summed E-state index contributed by atoms with van der Waals surface area (Å²) in [7, 11) is 0. The molecule has 0 spiro atoms. The van der Waals surface area contributed by atoms with Crippen LogP contribution in [0.4, 0.5) is 11.4 Å². The molecule has 0 fully saturated rings. The van der Waals surface area contributed by atoms with Gasteiger partial charge >= 0.3 is 0 Å². The van der Waals surface area contributed by atoms with Crippen LogP contribution in [-0.4, -0.2) is 12.1 Å². The summed E-state index contributed by atoms with van der Waals surface area (Å²) in [5.74, 6) is 0. The predicted molar refractivity (Wildman–Crippen MR) is 95.3 cm³/mol. The van der Waals surface area contributed by atoms with Gasteiger partial charge in [0, 0.05) is 23.5 Å². The van der Waals surface area contributed by atoms with Crippen LogP contribution in [-0.2, 0) is 0 Å². The zero-order valence-electron chi connectivity index (χ0n) is 12.9. The Morgan fingerprint density at radius 1 is 0.591 bits per heavy atom. The fraction of sp³-hybridized carbons (Fsp3) is 0.300. The Kier molecular flexibility index (Phi) is 5.14. The van der Waals surface area contributed by atoms with Gasteiger partial charge in [0.1, 0.15) is 0 Å². The Morgan fingerprint density at radius 3 is 1.41 bits per heavy atom. The van der Waals surface area contributed by atoms with E-state index < -0.39 is 0 Å². The third-order valence-corrected chi connectivity index (χ3v) is 4.19. The lowest BCUT2D eigenvalue weighted by atomic mass is 9.95. The first kappa shape index (κ1) is 14.7. The zero-order valence-corrected chi connectivity index (χ0v) is 12.9. The molecule has 1 aliphatic rings. The second kappa shape index (κ2) is 7.69. The molecule has 3 rings (SSSR count). The van der Waals surface area contributed by atoms with Crippen molar-refractivity contribution in [3.63, 3.8) is 0 Å². The average Bonchev–Trinajstić information content (AvgIpc) is 2.55. The molecule has 2 aromatic rings. The standard InChI is InChI=1S/C20H24N2/c1-2-10-16-20(22-18-13-7-4-8-14-18)19(15-9-1)21-17-11-5-3-6-12-17/h1-8,11-14,19-22H,9-10,15-16H2/b2-1-/t19-,20-/m1/s1. The van der Waals surface area contributed by atoms with Gasteiger partial charge in [0.25, 0.3) is 0 Å². The van der Waals surface area contributed by atoms with E-state index in [2.05, 4.69) is 83.4 Å². The van der Waals surface area contributed by atoms with E-state index in [-0.39, 0.29) is 0 Å². The lowest BCUT2D eigenvalue weighted by Crippen LogP contribution is -2.39. The maximum atomic E-state index is 3.72. The quantitative estimate of drug-likeness (QED) is 0.768. The van der Waals surface area contributed by atoms with Crippen LogP contribution in [0.1, 0.15) is 25.7 Å². The minimum absolute atomic E-state index is 0.438. The van der Waals surface area contributed by atoms with Crippen LogP contribution < -0.4 is 10.6 Å². The van der Waals surface area contributed by atoms with Crippen molar-refractivity contribution in [3.8, 4) is 0 Å². The van der Waals surface area contributed by atoms with Crippen molar-refractivity contribution < 1.29 is 0 Å². The fourth-order valence-electron chi connectivity index (χ4n) is 3.03. The Bertz CT molecular complexity index is 524. The van der Waals surface area contributed by atoms with Gasteiger partial charge < -0.3 is 10.6 Å². The van der Waals surface area contributed by atoms with Gasteiger partial charge in [-0.05, 0) is 49.9 Å². The fourth-order valence-corrected chi connectivity index (χ4v) is 3.03. The van der Waals surface area contributed by atoms with E-state index in [1.165, 1.54) is 11.4 Å². The minimum atomic E-state index is 0.438. The smallest absolute Gasteiger partial charge is 0.0465 e. The summed E-state index contributed by atoms with van der Waals surface area (Å²) in [4.78, 5) is 0. The van der Waals surface area contributed by atoms with Gasteiger partial charge in [0.05, 0.1) is 0 Å². The maximum absolute atomic E-state index is 3.72. The van der Waals surface area contributed by atoms with Crippen LogP contribution >= 0.6 is 0 Å². The molecule has 0 aliphatic heterocycles. The number of para-hydroxylation sites is 2. The van der Waals surface area contributed by atoms with Gasteiger partial charge in [-0.2, -0.15) is 0 Å². The van der Waals surface area contributed by atoms with Crippen LogP contribution in [0.5, 0.6) is 0 Å². The summed E-state index contributed by atoms with van der Waals surface area (Å²) in [6, 6.07) is 21.9. The molecule has 0 bridgehead atoms.